The highest BCUT2D eigenvalue weighted by Gasteiger charge is 2.43. The van der Waals surface area contributed by atoms with Crippen molar-refractivity contribution in [3.05, 3.63) is 47.1 Å². The Labute approximate surface area is 156 Å². The number of piperidine rings is 1. The van der Waals surface area contributed by atoms with Crippen LogP contribution in [-0.2, 0) is 16.8 Å². The van der Waals surface area contributed by atoms with Crippen LogP contribution in [0.1, 0.15) is 48.6 Å². The first-order chi connectivity index (χ1) is 12.7. The zero-order valence-electron chi connectivity index (χ0n) is 15.7. The van der Waals surface area contributed by atoms with Gasteiger partial charge in [0.05, 0.1) is 0 Å². The molecule has 0 radical (unpaired) electrons. The lowest BCUT2D eigenvalue weighted by molar-refractivity contribution is -0.128. The molecule has 0 aliphatic carbocycles. The van der Waals surface area contributed by atoms with Crippen molar-refractivity contribution in [1.82, 2.24) is 15.0 Å². The van der Waals surface area contributed by atoms with Crippen molar-refractivity contribution < 1.29 is 22.4 Å². The zero-order valence-corrected chi connectivity index (χ0v) is 15.7. The Morgan fingerprint density at radius 3 is 2.59 bits per heavy atom. The molecule has 0 spiro atoms. The second kappa shape index (κ2) is 7.59. The van der Waals surface area contributed by atoms with E-state index >= 15 is 0 Å². The second-order valence-corrected chi connectivity index (χ2v) is 7.13. The maximum atomic E-state index is 12.5. The number of nitrogens with zero attached hydrogens (tertiary/aromatic N) is 3. The summed E-state index contributed by atoms with van der Waals surface area (Å²) in [7, 11) is 1.53. The summed E-state index contributed by atoms with van der Waals surface area (Å²) in [5.74, 6) is -0.225. The lowest BCUT2D eigenvalue weighted by Crippen LogP contribution is -2.44. The Morgan fingerprint density at radius 1 is 1.30 bits per heavy atom. The van der Waals surface area contributed by atoms with E-state index in [0.29, 0.717) is 12.8 Å². The van der Waals surface area contributed by atoms with Crippen molar-refractivity contribution in [2.24, 2.45) is 0 Å². The molecule has 1 aromatic heterocycles. The van der Waals surface area contributed by atoms with Crippen molar-refractivity contribution in [3.8, 4) is 0 Å². The number of hydrogen-bond acceptors (Lipinski definition) is 5. The molecule has 8 heteroatoms. The van der Waals surface area contributed by atoms with E-state index in [2.05, 4.69) is 47.1 Å². The zero-order chi connectivity index (χ0) is 19.7. The number of halogens is 3. The predicted octanol–water partition coefficient (Wildman–Crippen LogP) is 4.18. The minimum Gasteiger partial charge on any atom is -0.368 e. The third kappa shape index (κ3) is 4.50. The van der Waals surface area contributed by atoms with Crippen LogP contribution in [0, 0.1) is 6.92 Å². The van der Waals surface area contributed by atoms with Crippen LogP contribution < -0.4 is 0 Å². The van der Waals surface area contributed by atoms with Gasteiger partial charge in [-0.05, 0) is 32.3 Å². The average molecular weight is 383 g/mol. The maximum Gasteiger partial charge on any atom is 0.396 e. The van der Waals surface area contributed by atoms with Crippen LogP contribution in [-0.4, -0.2) is 41.4 Å². The summed E-state index contributed by atoms with van der Waals surface area (Å²) >= 11 is 0. The molecule has 1 aliphatic heterocycles. The number of benzene rings is 1. The monoisotopic (exact) mass is 383 g/mol. The van der Waals surface area contributed by atoms with Gasteiger partial charge in [-0.2, -0.15) is 18.2 Å². The topological polar surface area (TPSA) is 51.4 Å². The predicted molar refractivity (Wildman–Crippen MR) is 93.1 cm³/mol. The summed E-state index contributed by atoms with van der Waals surface area (Å²) in [4.78, 5) is 6.29. The molecule has 1 atom stereocenters. The number of aromatic nitrogens is 2. The molecule has 1 fully saturated rings. The Kier molecular flexibility index (Phi) is 5.58. The van der Waals surface area contributed by atoms with Crippen LogP contribution in [0.4, 0.5) is 13.2 Å². The third-order valence-corrected chi connectivity index (χ3v) is 5.29. The normalized spacial score (nSPS) is 19.2. The van der Waals surface area contributed by atoms with E-state index in [-0.39, 0.29) is 17.8 Å². The summed E-state index contributed by atoms with van der Waals surface area (Å²) in [6.07, 6.45) is -4.42. The van der Waals surface area contributed by atoms with Crippen molar-refractivity contribution in [1.29, 1.82) is 0 Å². The van der Waals surface area contributed by atoms with Gasteiger partial charge in [0.2, 0.25) is 0 Å². The molecule has 2 aromatic rings. The van der Waals surface area contributed by atoms with E-state index in [9.17, 15) is 13.2 Å². The van der Waals surface area contributed by atoms with Crippen LogP contribution in [0.3, 0.4) is 0 Å². The van der Waals surface area contributed by atoms with Gasteiger partial charge in [0.1, 0.15) is 12.0 Å². The maximum absolute atomic E-state index is 12.5. The summed E-state index contributed by atoms with van der Waals surface area (Å²) in [6, 6.07) is 8.63. The molecular formula is C19H24F3N3O2. The quantitative estimate of drug-likeness (QED) is 0.775. The van der Waals surface area contributed by atoms with Gasteiger partial charge >= 0.3 is 6.18 Å². The highest BCUT2D eigenvalue weighted by atomic mass is 19.4. The number of methoxy groups -OCH3 is 1. The Bertz CT molecular complexity index is 768. The molecular weight excluding hydrogens is 359 g/mol. The number of rotatable bonds is 5. The number of likely N-dealkylation sites (tertiary alicyclic amines) is 1. The standard InChI is InChI=1S/C19H24F3N3O2/c1-13-5-4-6-15(11-13)14(2)25-9-7-18(26-3,8-10-25)17-23-16(24-27-17)12-19(20,21)22/h4-6,11,14H,7-10,12H2,1-3H3/t14-/m0/s1. The highest BCUT2D eigenvalue weighted by molar-refractivity contribution is 5.25. The van der Waals surface area contributed by atoms with E-state index in [4.69, 9.17) is 9.26 Å². The van der Waals surface area contributed by atoms with E-state index in [1.165, 1.54) is 18.2 Å². The van der Waals surface area contributed by atoms with E-state index in [0.717, 1.165) is 13.1 Å². The molecule has 3 rings (SSSR count). The van der Waals surface area contributed by atoms with Crippen molar-refractivity contribution in [3.63, 3.8) is 0 Å². The Hall–Kier alpha value is -1.93. The van der Waals surface area contributed by atoms with Crippen LogP contribution in [0.15, 0.2) is 28.8 Å². The lowest BCUT2D eigenvalue weighted by atomic mass is 9.89. The Morgan fingerprint density at radius 2 is 2.00 bits per heavy atom. The molecule has 27 heavy (non-hydrogen) atoms. The first-order valence-corrected chi connectivity index (χ1v) is 8.98. The summed E-state index contributed by atoms with van der Waals surface area (Å²) in [5.41, 5.74) is 1.62. The molecule has 0 amide bonds. The lowest BCUT2D eigenvalue weighted by Gasteiger charge is -2.41. The number of alkyl halides is 3. The molecule has 1 saturated heterocycles. The third-order valence-electron chi connectivity index (χ3n) is 5.29. The molecule has 1 aliphatic rings. The summed E-state index contributed by atoms with van der Waals surface area (Å²) < 4.78 is 48.4. The molecule has 1 aromatic carbocycles. The number of aryl methyl sites for hydroxylation is 1. The SMILES string of the molecule is COC1(c2nc(CC(F)(F)F)no2)CCN([C@@H](C)c2cccc(C)c2)CC1. The van der Waals surface area contributed by atoms with Crippen molar-refractivity contribution in [2.45, 2.75) is 50.9 Å². The van der Waals surface area contributed by atoms with Gasteiger partial charge in [0.15, 0.2) is 5.82 Å². The molecule has 0 unspecified atom stereocenters. The Balaban J connectivity index is 1.70. The van der Waals surface area contributed by atoms with Gasteiger partial charge in [-0.15, -0.1) is 0 Å². The number of ether oxygens (including phenoxy) is 1. The fraction of sp³-hybridized carbons (Fsp3) is 0.579. The largest absolute Gasteiger partial charge is 0.396 e. The smallest absolute Gasteiger partial charge is 0.368 e. The summed E-state index contributed by atoms with van der Waals surface area (Å²) in [5, 5.41) is 3.48. The second-order valence-electron chi connectivity index (χ2n) is 7.13. The van der Waals surface area contributed by atoms with Crippen LogP contribution in [0.2, 0.25) is 0 Å². The van der Waals surface area contributed by atoms with Gasteiger partial charge in [0.25, 0.3) is 5.89 Å². The van der Waals surface area contributed by atoms with Gasteiger partial charge in [-0.1, -0.05) is 35.0 Å². The van der Waals surface area contributed by atoms with Crippen LogP contribution in [0.25, 0.3) is 0 Å². The highest BCUT2D eigenvalue weighted by Crippen LogP contribution is 2.38. The van der Waals surface area contributed by atoms with Crippen molar-refractivity contribution >= 4 is 0 Å². The van der Waals surface area contributed by atoms with Crippen LogP contribution >= 0.6 is 0 Å². The minimum atomic E-state index is -4.37. The fourth-order valence-electron chi connectivity index (χ4n) is 3.61. The minimum absolute atomic E-state index is 0.132. The number of hydrogen-bond donors (Lipinski definition) is 0. The molecule has 5 nitrogen and oxygen atoms in total. The van der Waals surface area contributed by atoms with Gasteiger partial charge in [-0.3, -0.25) is 4.90 Å². The first kappa shape index (κ1) is 19.8. The summed E-state index contributed by atoms with van der Waals surface area (Å²) in [6.45, 7) is 5.67. The van der Waals surface area contributed by atoms with E-state index in [1.807, 2.05) is 6.07 Å². The van der Waals surface area contributed by atoms with Gasteiger partial charge < -0.3 is 9.26 Å². The molecule has 148 valence electrons. The van der Waals surface area contributed by atoms with E-state index < -0.39 is 18.2 Å². The molecule has 2 heterocycles. The average Bonchev–Trinajstić information content (AvgIpc) is 3.08. The molecule has 0 bridgehead atoms. The molecule has 0 N–H and O–H groups in total. The van der Waals surface area contributed by atoms with E-state index in [1.54, 1.807) is 0 Å². The van der Waals surface area contributed by atoms with Crippen LogP contribution in [0.5, 0.6) is 0 Å². The molecule has 0 saturated carbocycles. The van der Waals surface area contributed by atoms with Gasteiger partial charge in [-0.25, -0.2) is 0 Å². The van der Waals surface area contributed by atoms with Crippen molar-refractivity contribution in [2.75, 3.05) is 20.2 Å². The van der Waals surface area contributed by atoms with Gasteiger partial charge in [0, 0.05) is 26.2 Å². The fourth-order valence-corrected chi connectivity index (χ4v) is 3.61. The first-order valence-electron chi connectivity index (χ1n) is 8.98.